The molecule has 15 heavy (non-hydrogen) atoms. The SMILES string of the molecule is CCOC(=O)/C(C)=C/c1ccccc1Cl. The van der Waals surface area contributed by atoms with E-state index in [1.54, 1.807) is 26.0 Å². The summed E-state index contributed by atoms with van der Waals surface area (Å²) in [4.78, 5) is 11.3. The first-order chi connectivity index (χ1) is 7.15. The lowest BCUT2D eigenvalue weighted by Gasteiger charge is -2.02. The maximum atomic E-state index is 11.3. The van der Waals surface area contributed by atoms with Crippen LogP contribution in [0.15, 0.2) is 29.8 Å². The minimum absolute atomic E-state index is 0.308. The lowest BCUT2D eigenvalue weighted by Crippen LogP contribution is -2.04. The van der Waals surface area contributed by atoms with Crippen molar-refractivity contribution in [2.24, 2.45) is 0 Å². The van der Waals surface area contributed by atoms with E-state index in [2.05, 4.69) is 0 Å². The van der Waals surface area contributed by atoms with Gasteiger partial charge in [-0.05, 0) is 31.6 Å². The second kappa shape index (κ2) is 5.56. The van der Waals surface area contributed by atoms with Gasteiger partial charge in [-0.15, -0.1) is 0 Å². The monoisotopic (exact) mass is 224 g/mol. The molecule has 3 heteroatoms. The predicted octanol–water partition coefficient (Wildman–Crippen LogP) is 3.31. The predicted molar refractivity (Wildman–Crippen MR) is 61.7 cm³/mol. The lowest BCUT2D eigenvalue weighted by molar-refractivity contribution is -0.138. The van der Waals surface area contributed by atoms with Crippen LogP contribution >= 0.6 is 11.6 Å². The van der Waals surface area contributed by atoms with Crippen molar-refractivity contribution in [3.05, 3.63) is 40.4 Å². The summed E-state index contributed by atoms with van der Waals surface area (Å²) in [6, 6.07) is 7.35. The molecular formula is C12H13ClO2. The van der Waals surface area contributed by atoms with Crippen LogP contribution in [0.3, 0.4) is 0 Å². The number of rotatable bonds is 3. The van der Waals surface area contributed by atoms with Gasteiger partial charge in [0.15, 0.2) is 0 Å². The highest BCUT2D eigenvalue weighted by atomic mass is 35.5. The van der Waals surface area contributed by atoms with Gasteiger partial charge in [-0.3, -0.25) is 0 Å². The summed E-state index contributed by atoms with van der Waals surface area (Å²) in [5.74, 6) is -0.308. The van der Waals surface area contributed by atoms with Crippen molar-refractivity contribution in [3.8, 4) is 0 Å². The van der Waals surface area contributed by atoms with Crippen molar-refractivity contribution < 1.29 is 9.53 Å². The van der Waals surface area contributed by atoms with Gasteiger partial charge in [0.05, 0.1) is 6.61 Å². The summed E-state index contributed by atoms with van der Waals surface area (Å²) >= 11 is 5.95. The Morgan fingerprint density at radius 2 is 2.13 bits per heavy atom. The smallest absolute Gasteiger partial charge is 0.333 e. The summed E-state index contributed by atoms with van der Waals surface area (Å²) in [5.41, 5.74) is 1.37. The van der Waals surface area contributed by atoms with Crippen LogP contribution < -0.4 is 0 Å². The van der Waals surface area contributed by atoms with E-state index in [4.69, 9.17) is 16.3 Å². The maximum absolute atomic E-state index is 11.3. The van der Waals surface area contributed by atoms with Gasteiger partial charge in [0.1, 0.15) is 0 Å². The Hall–Kier alpha value is -1.28. The number of carbonyl (C=O) groups is 1. The minimum Gasteiger partial charge on any atom is -0.463 e. The third-order valence-electron chi connectivity index (χ3n) is 1.87. The van der Waals surface area contributed by atoms with Crippen LogP contribution in [0.4, 0.5) is 0 Å². The van der Waals surface area contributed by atoms with Crippen LogP contribution in [0.25, 0.3) is 6.08 Å². The quantitative estimate of drug-likeness (QED) is 0.582. The molecule has 0 aliphatic rings. The first-order valence-electron chi connectivity index (χ1n) is 4.75. The Labute approximate surface area is 94.5 Å². The largest absolute Gasteiger partial charge is 0.463 e. The molecule has 1 aromatic rings. The van der Waals surface area contributed by atoms with Gasteiger partial charge in [-0.1, -0.05) is 29.8 Å². The summed E-state index contributed by atoms with van der Waals surface area (Å²) in [6.07, 6.45) is 1.72. The summed E-state index contributed by atoms with van der Waals surface area (Å²) in [5, 5.41) is 0.626. The van der Waals surface area contributed by atoms with Crippen LogP contribution in [-0.4, -0.2) is 12.6 Å². The molecule has 0 unspecified atom stereocenters. The van der Waals surface area contributed by atoms with Gasteiger partial charge < -0.3 is 4.74 Å². The normalized spacial score (nSPS) is 11.3. The van der Waals surface area contributed by atoms with Crippen LogP contribution in [0.1, 0.15) is 19.4 Å². The van der Waals surface area contributed by atoms with Crippen molar-refractivity contribution in [2.45, 2.75) is 13.8 Å². The molecule has 0 N–H and O–H groups in total. The first-order valence-corrected chi connectivity index (χ1v) is 5.13. The third-order valence-corrected chi connectivity index (χ3v) is 2.22. The van der Waals surface area contributed by atoms with Gasteiger partial charge in [0.2, 0.25) is 0 Å². The molecule has 0 radical (unpaired) electrons. The molecule has 0 aliphatic heterocycles. The second-order valence-electron chi connectivity index (χ2n) is 3.07. The molecule has 0 heterocycles. The van der Waals surface area contributed by atoms with E-state index in [9.17, 15) is 4.79 Å². The van der Waals surface area contributed by atoms with E-state index in [1.807, 2.05) is 18.2 Å². The zero-order valence-corrected chi connectivity index (χ0v) is 9.54. The fourth-order valence-corrected chi connectivity index (χ4v) is 1.32. The molecule has 0 fully saturated rings. The number of ether oxygens (including phenoxy) is 1. The molecule has 0 saturated carbocycles. The molecule has 2 nitrogen and oxygen atoms in total. The first kappa shape index (κ1) is 11.8. The zero-order chi connectivity index (χ0) is 11.3. The van der Waals surface area contributed by atoms with E-state index in [0.717, 1.165) is 5.56 Å². The highest BCUT2D eigenvalue weighted by Crippen LogP contribution is 2.18. The number of hydrogen-bond donors (Lipinski definition) is 0. The number of halogens is 1. The molecule has 1 aromatic carbocycles. The fourth-order valence-electron chi connectivity index (χ4n) is 1.13. The summed E-state index contributed by atoms with van der Waals surface area (Å²) < 4.78 is 4.87. The van der Waals surface area contributed by atoms with Crippen LogP contribution in [0.2, 0.25) is 5.02 Å². The molecular weight excluding hydrogens is 212 g/mol. The molecule has 80 valence electrons. The number of benzene rings is 1. The van der Waals surface area contributed by atoms with Gasteiger partial charge in [-0.2, -0.15) is 0 Å². The third kappa shape index (κ3) is 3.40. The van der Waals surface area contributed by atoms with E-state index in [-0.39, 0.29) is 5.97 Å². The van der Waals surface area contributed by atoms with Gasteiger partial charge >= 0.3 is 5.97 Å². The maximum Gasteiger partial charge on any atom is 0.333 e. The number of hydrogen-bond acceptors (Lipinski definition) is 2. The van der Waals surface area contributed by atoms with E-state index in [0.29, 0.717) is 17.2 Å². The zero-order valence-electron chi connectivity index (χ0n) is 8.79. The van der Waals surface area contributed by atoms with Gasteiger partial charge in [-0.25, -0.2) is 4.79 Å². The summed E-state index contributed by atoms with van der Waals surface area (Å²) in [7, 11) is 0. The Kier molecular flexibility index (Phi) is 4.37. The molecule has 0 aromatic heterocycles. The number of esters is 1. The van der Waals surface area contributed by atoms with Crippen LogP contribution in [0, 0.1) is 0 Å². The van der Waals surface area contributed by atoms with Crippen molar-refractivity contribution >= 4 is 23.6 Å². The van der Waals surface area contributed by atoms with Gasteiger partial charge in [0.25, 0.3) is 0 Å². The Balaban J connectivity index is 2.88. The minimum atomic E-state index is -0.308. The highest BCUT2D eigenvalue weighted by molar-refractivity contribution is 6.32. The van der Waals surface area contributed by atoms with Crippen molar-refractivity contribution in [3.63, 3.8) is 0 Å². The van der Waals surface area contributed by atoms with Gasteiger partial charge in [0, 0.05) is 10.6 Å². The van der Waals surface area contributed by atoms with Crippen LogP contribution in [0.5, 0.6) is 0 Å². The fraction of sp³-hybridized carbons (Fsp3) is 0.250. The van der Waals surface area contributed by atoms with Crippen molar-refractivity contribution in [1.82, 2.24) is 0 Å². The average Bonchev–Trinajstić information content (AvgIpc) is 2.21. The van der Waals surface area contributed by atoms with E-state index >= 15 is 0 Å². The summed E-state index contributed by atoms with van der Waals surface area (Å²) in [6.45, 7) is 3.87. The average molecular weight is 225 g/mol. The van der Waals surface area contributed by atoms with E-state index < -0.39 is 0 Å². The van der Waals surface area contributed by atoms with Crippen LogP contribution in [-0.2, 0) is 9.53 Å². The lowest BCUT2D eigenvalue weighted by atomic mass is 10.1. The Morgan fingerprint density at radius 1 is 1.47 bits per heavy atom. The van der Waals surface area contributed by atoms with Crippen molar-refractivity contribution in [1.29, 1.82) is 0 Å². The Morgan fingerprint density at radius 3 is 2.73 bits per heavy atom. The number of carbonyl (C=O) groups excluding carboxylic acids is 1. The Bertz CT molecular complexity index is 383. The molecule has 0 bridgehead atoms. The molecule has 0 amide bonds. The van der Waals surface area contributed by atoms with Crippen molar-refractivity contribution in [2.75, 3.05) is 6.61 Å². The standard InChI is InChI=1S/C12H13ClO2/c1-3-15-12(14)9(2)8-10-6-4-5-7-11(10)13/h4-8H,3H2,1-2H3/b9-8+. The molecule has 0 atom stereocenters. The topological polar surface area (TPSA) is 26.3 Å². The highest BCUT2D eigenvalue weighted by Gasteiger charge is 2.05. The second-order valence-corrected chi connectivity index (χ2v) is 3.48. The molecule has 0 spiro atoms. The molecule has 0 saturated heterocycles. The molecule has 0 aliphatic carbocycles. The molecule has 1 rings (SSSR count). The van der Waals surface area contributed by atoms with E-state index in [1.165, 1.54) is 0 Å².